The smallest absolute Gasteiger partial charge is 0.0991 e. The first-order chi connectivity index (χ1) is 25.6. The lowest BCUT2D eigenvalue weighted by atomic mass is 9.84. The van der Waals surface area contributed by atoms with Crippen LogP contribution in [0.3, 0.4) is 0 Å². The largest absolute Gasteiger partial charge is 0.361 e. The standard InChI is InChI=1S/C43H25N9/c44-16-24-4-8-36-28(12-24)32(20-48-36)42(33-21-49-37-9-5-25(17-45)13-29(33)37)40-2-1-3-41(52-40)43(34-22-50-38-10-6-26(18-46)14-30(34)38)35-23-51-39-11-7-27(19-47)15-31(35)39/h1-15,20-23,42-43,48-51H. The Balaban J connectivity index is 1.31. The SMILES string of the molecule is N#Cc1ccc2[nH]cc(C(c3cccc(C(c4c[nH]c5ccc(C#N)cc45)c4c[nH]c5ccc(C#N)cc45)n3)c3c[nH]c4ccc(C#N)cc34)c2c1. The molecule has 9 nitrogen and oxygen atoms in total. The first kappa shape index (κ1) is 30.2. The van der Waals surface area contributed by atoms with Gasteiger partial charge in [-0.3, -0.25) is 4.98 Å². The van der Waals surface area contributed by atoms with Gasteiger partial charge in [0.1, 0.15) is 0 Å². The van der Waals surface area contributed by atoms with Crippen LogP contribution in [0.25, 0.3) is 43.6 Å². The fourth-order valence-electron chi connectivity index (χ4n) is 7.57. The first-order valence-corrected chi connectivity index (χ1v) is 16.6. The number of hydrogen-bond donors (Lipinski definition) is 4. The van der Waals surface area contributed by atoms with Gasteiger partial charge in [0.25, 0.3) is 0 Å². The molecule has 0 unspecified atom stereocenters. The van der Waals surface area contributed by atoms with Gasteiger partial charge in [0.15, 0.2) is 0 Å². The Kier molecular flexibility index (Phi) is 6.94. The molecule has 4 aromatic carbocycles. The quantitative estimate of drug-likeness (QED) is 0.138. The Morgan fingerprint density at radius 2 is 0.692 bits per heavy atom. The van der Waals surface area contributed by atoms with Gasteiger partial charge in [-0.1, -0.05) is 6.07 Å². The topological polar surface area (TPSA) is 171 Å². The van der Waals surface area contributed by atoms with E-state index in [4.69, 9.17) is 4.98 Å². The number of nitrogens with one attached hydrogen (secondary N) is 4. The van der Waals surface area contributed by atoms with Crippen LogP contribution < -0.4 is 0 Å². The minimum atomic E-state index is -0.396. The predicted octanol–water partition coefficient (Wildman–Crippen LogP) is 8.85. The maximum absolute atomic E-state index is 9.81. The van der Waals surface area contributed by atoms with Crippen molar-refractivity contribution in [3.63, 3.8) is 0 Å². The summed E-state index contributed by atoms with van der Waals surface area (Å²) in [5, 5.41) is 42.9. The van der Waals surface area contributed by atoms with Crippen LogP contribution >= 0.6 is 0 Å². The second-order valence-electron chi connectivity index (χ2n) is 12.8. The van der Waals surface area contributed by atoms with E-state index in [0.29, 0.717) is 22.3 Å². The van der Waals surface area contributed by atoms with Gasteiger partial charge in [-0.2, -0.15) is 21.0 Å². The summed E-state index contributed by atoms with van der Waals surface area (Å²) in [7, 11) is 0. The van der Waals surface area contributed by atoms with Crippen molar-refractivity contribution in [1.82, 2.24) is 24.9 Å². The maximum atomic E-state index is 9.81. The van der Waals surface area contributed by atoms with Crippen LogP contribution in [-0.4, -0.2) is 24.9 Å². The molecule has 0 fully saturated rings. The Morgan fingerprint density at radius 3 is 0.962 bits per heavy atom. The highest BCUT2D eigenvalue weighted by atomic mass is 14.8. The number of fused-ring (bicyclic) bond motifs is 4. The zero-order valence-corrected chi connectivity index (χ0v) is 27.4. The van der Waals surface area contributed by atoms with Gasteiger partial charge in [-0.15, -0.1) is 0 Å². The third-order valence-electron chi connectivity index (χ3n) is 10.00. The molecule has 52 heavy (non-hydrogen) atoms. The predicted molar refractivity (Wildman–Crippen MR) is 198 cm³/mol. The van der Waals surface area contributed by atoms with E-state index < -0.39 is 11.8 Å². The van der Waals surface area contributed by atoms with Gasteiger partial charge < -0.3 is 19.9 Å². The molecule has 0 aliphatic heterocycles. The summed E-state index contributed by atoms with van der Waals surface area (Å²) in [5.74, 6) is -0.792. The lowest BCUT2D eigenvalue weighted by molar-refractivity contribution is 0.865. The van der Waals surface area contributed by atoms with Crippen LogP contribution in [-0.2, 0) is 0 Å². The number of pyridine rings is 1. The molecule has 9 rings (SSSR count). The summed E-state index contributed by atoms with van der Waals surface area (Å²) in [6.45, 7) is 0. The first-order valence-electron chi connectivity index (χ1n) is 16.6. The number of aromatic nitrogens is 5. The summed E-state index contributed by atoms with van der Waals surface area (Å²) in [6.07, 6.45) is 7.89. The summed E-state index contributed by atoms with van der Waals surface area (Å²) >= 11 is 0. The molecule has 0 aliphatic rings. The van der Waals surface area contributed by atoms with Gasteiger partial charge >= 0.3 is 0 Å². The Morgan fingerprint density at radius 1 is 0.404 bits per heavy atom. The number of hydrogen-bond acceptors (Lipinski definition) is 5. The van der Waals surface area contributed by atoms with E-state index in [1.54, 1.807) is 24.3 Å². The molecule has 5 aromatic heterocycles. The van der Waals surface area contributed by atoms with Crippen molar-refractivity contribution in [2.24, 2.45) is 0 Å². The minimum Gasteiger partial charge on any atom is -0.361 e. The fourth-order valence-corrected chi connectivity index (χ4v) is 7.57. The molecular formula is C43H25N9. The van der Waals surface area contributed by atoms with Crippen molar-refractivity contribution in [2.45, 2.75) is 11.8 Å². The van der Waals surface area contributed by atoms with Crippen LogP contribution in [0.2, 0.25) is 0 Å². The van der Waals surface area contributed by atoms with Crippen molar-refractivity contribution in [2.75, 3.05) is 0 Å². The van der Waals surface area contributed by atoms with E-state index in [1.807, 2.05) is 91.5 Å². The fraction of sp³-hybridized carbons (Fsp3) is 0.0465. The number of nitriles is 4. The molecule has 0 bridgehead atoms. The zero-order chi connectivity index (χ0) is 35.3. The average Bonchev–Trinajstić information content (AvgIpc) is 4.01. The molecule has 0 amide bonds. The monoisotopic (exact) mass is 667 g/mol. The summed E-state index contributed by atoms with van der Waals surface area (Å²) in [6, 6.07) is 37.6. The van der Waals surface area contributed by atoms with E-state index in [2.05, 4.69) is 44.2 Å². The molecule has 4 N–H and O–H groups in total. The van der Waals surface area contributed by atoms with E-state index in [9.17, 15) is 21.0 Å². The van der Waals surface area contributed by atoms with Gasteiger partial charge in [-0.05, 0) is 107 Å². The molecule has 0 saturated carbocycles. The average molecular weight is 668 g/mol. The summed E-state index contributed by atoms with van der Waals surface area (Å²) in [5.41, 5.74) is 11.1. The van der Waals surface area contributed by atoms with Gasteiger partial charge in [-0.25, -0.2) is 0 Å². The van der Waals surface area contributed by atoms with Crippen molar-refractivity contribution < 1.29 is 0 Å². The van der Waals surface area contributed by atoms with Crippen LogP contribution in [0, 0.1) is 45.3 Å². The van der Waals surface area contributed by atoms with Crippen molar-refractivity contribution in [3.05, 3.63) is 172 Å². The van der Waals surface area contributed by atoms with Gasteiger partial charge in [0.2, 0.25) is 0 Å². The second kappa shape index (κ2) is 11.9. The van der Waals surface area contributed by atoms with Crippen molar-refractivity contribution in [3.8, 4) is 24.3 Å². The van der Waals surface area contributed by atoms with E-state index >= 15 is 0 Å². The molecule has 0 aliphatic carbocycles. The third-order valence-corrected chi connectivity index (χ3v) is 10.00. The normalized spacial score (nSPS) is 11.3. The molecule has 9 aromatic rings. The van der Waals surface area contributed by atoms with E-state index in [1.165, 1.54) is 0 Å². The van der Waals surface area contributed by atoms with E-state index in [-0.39, 0.29) is 0 Å². The summed E-state index contributed by atoms with van der Waals surface area (Å²) < 4.78 is 0. The minimum absolute atomic E-state index is 0.396. The molecule has 0 atom stereocenters. The molecule has 0 saturated heterocycles. The van der Waals surface area contributed by atoms with Crippen LogP contribution in [0.1, 0.15) is 67.7 Å². The lowest BCUT2D eigenvalue weighted by Crippen LogP contribution is -2.10. The molecule has 242 valence electrons. The van der Waals surface area contributed by atoms with Crippen LogP contribution in [0.5, 0.6) is 0 Å². The Hall–Kier alpha value is -7.85. The Labute approximate surface area is 296 Å². The lowest BCUT2D eigenvalue weighted by Gasteiger charge is -2.21. The number of benzene rings is 4. The van der Waals surface area contributed by atoms with Crippen molar-refractivity contribution >= 4 is 43.6 Å². The molecule has 0 spiro atoms. The molecular weight excluding hydrogens is 643 g/mol. The highest BCUT2D eigenvalue weighted by molar-refractivity contribution is 5.92. The number of H-pyrrole nitrogens is 4. The number of aromatic amines is 4. The maximum Gasteiger partial charge on any atom is 0.0991 e. The number of rotatable bonds is 6. The highest BCUT2D eigenvalue weighted by Gasteiger charge is 2.29. The molecule has 9 heteroatoms. The Bertz CT molecular complexity index is 2660. The summed E-state index contributed by atoms with van der Waals surface area (Å²) in [4.78, 5) is 19.1. The van der Waals surface area contributed by atoms with E-state index in [0.717, 1.165) is 77.3 Å². The zero-order valence-electron chi connectivity index (χ0n) is 27.4. The second-order valence-corrected chi connectivity index (χ2v) is 12.8. The highest BCUT2D eigenvalue weighted by Crippen LogP contribution is 2.43. The van der Waals surface area contributed by atoms with Gasteiger partial charge in [0, 0.05) is 68.4 Å². The van der Waals surface area contributed by atoms with Crippen molar-refractivity contribution in [1.29, 1.82) is 21.0 Å². The van der Waals surface area contributed by atoms with Crippen LogP contribution in [0.4, 0.5) is 0 Å². The number of nitrogens with zero attached hydrogens (tertiary/aromatic N) is 5. The molecule has 0 radical (unpaired) electrons. The van der Waals surface area contributed by atoms with Crippen LogP contribution in [0.15, 0.2) is 116 Å². The van der Waals surface area contributed by atoms with Gasteiger partial charge in [0.05, 0.1) is 69.8 Å². The molecule has 5 heterocycles. The third kappa shape index (κ3) is 4.78.